The van der Waals surface area contributed by atoms with E-state index in [2.05, 4.69) is 26.4 Å². The molecule has 2 aliphatic heterocycles. The predicted molar refractivity (Wildman–Crippen MR) is 94.2 cm³/mol. The van der Waals surface area contributed by atoms with Crippen molar-refractivity contribution in [2.24, 2.45) is 5.92 Å². The number of aryl methyl sites for hydroxylation is 2. The van der Waals surface area contributed by atoms with Crippen molar-refractivity contribution in [2.75, 3.05) is 18.4 Å². The zero-order chi connectivity index (χ0) is 17.2. The highest BCUT2D eigenvalue weighted by Crippen LogP contribution is 2.27. The summed E-state index contributed by atoms with van der Waals surface area (Å²) in [5, 5.41) is 7.14. The normalized spacial score (nSPS) is 24.4. The summed E-state index contributed by atoms with van der Waals surface area (Å²) in [6.45, 7) is 3.72. The van der Waals surface area contributed by atoms with Gasteiger partial charge in [-0.3, -0.25) is 9.69 Å². The van der Waals surface area contributed by atoms with Gasteiger partial charge in [0.2, 0.25) is 11.8 Å². The van der Waals surface area contributed by atoms with Crippen LogP contribution in [0, 0.1) is 12.8 Å². The second-order valence-corrected chi connectivity index (χ2v) is 7.14. The molecule has 0 unspecified atom stereocenters. The van der Waals surface area contributed by atoms with Crippen molar-refractivity contribution in [1.29, 1.82) is 0 Å². The third-order valence-electron chi connectivity index (χ3n) is 5.30. The number of aromatic nitrogens is 2. The summed E-state index contributed by atoms with van der Waals surface area (Å²) >= 11 is 0. The molecule has 3 heterocycles. The largest absolute Gasteiger partial charge is 0.340 e. The smallest absolute Gasteiger partial charge is 0.241 e. The Hall–Kier alpha value is -2.21. The molecule has 1 aromatic heterocycles. The van der Waals surface area contributed by atoms with Gasteiger partial charge in [-0.15, -0.1) is 0 Å². The molecule has 0 radical (unpaired) electrons. The van der Waals surface area contributed by atoms with E-state index in [1.54, 1.807) is 0 Å². The number of amides is 1. The summed E-state index contributed by atoms with van der Waals surface area (Å²) in [5.74, 6) is 2.00. The first kappa shape index (κ1) is 16.3. The van der Waals surface area contributed by atoms with Crippen molar-refractivity contribution in [1.82, 2.24) is 15.0 Å². The van der Waals surface area contributed by atoms with E-state index in [-0.39, 0.29) is 11.9 Å². The molecule has 25 heavy (non-hydrogen) atoms. The molecule has 1 N–H and O–H groups in total. The molecule has 0 bridgehead atoms. The monoisotopic (exact) mass is 340 g/mol. The van der Waals surface area contributed by atoms with Crippen LogP contribution in [0.4, 0.5) is 5.69 Å². The van der Waals surface area contributed by atoms with Crippen LogP contribution in [0.25, 0.3) is 0 Å². The van der Waals surface area contributed by atoms with Crippen molar-refractivity contribution < 1.29 is 9.32 Å². The van der Waals surface area contributed by atoms with E-state index < -0.39 is 0 Å². The van der Waals surface area contributed by atoms with Gasteiger partial charge in [0.05, 0.1) is 6.04 Å². The van der Waals surface area contributed by atoms with Gasteiger partial charge in [0.1, 0.15) is 0 Å². The number of rotatable bonds is 3. The topological polar surface area (TPSA) is 71.3 Å². The molecule has 1 amide bonds. The van der Waals surface area contributed by atoms with Crippen LogP contribution in [0.1, 0.15) is 36.5 Å². The maximum Gasteiger partial charge on any atom is 0.241 e. The van der Waals surface area contributed by atoms with E-state index in [0.29, 0.717) is 11.8 Å². The highest BCUT2D eigenvalue weighted by Gasteiger charge is 2.32. The van der Waals surface area contributed by atoms with Crippen LogP contribution in [0.5, 0.6) is 0 Å². The quantitative estimate of drug-likeness (QED) is 0.930. The number of piperidine rings is 1. The maximum absolute atomic E-state index is 12.8. The summed E-state index contributed by atoms with van der Waals surface area (Å²) in [7, 11) is 0. The molecule has 6 heteroatoms. The van der Waals surface area contributed by atoms with Crippen molar-refractivity contribution in [3.8, 4) is 0 Å². The van der Waals surface area contributed by atoms with Gasteiger partial charge in [-0.1, -0.05) is 23.4 Å². The van der Waals surface area contributed by atoms with Gasteiger partial charge in [-0.05, 0) is 49.8 Å². The fraction of sp³-hybridized carbons (Fsp3) is 0.526. The van der Waals surface area contributed by atoms with Crippen LogP contribution in [0.15, 0.2) is 28.8 Å². The van der Waals surface area contributed by atoms with Gasteiger partial charge in [0.15, 0.2) is 5.82 Å². The highest BCUT2D eigenvalue weighted by atomic mass is 16.5. The van der Waals surface area contributed by atoms with Gasteiger partial charge in [-0.2, -0.15) is 4.98 Å². The summed E-state index contributed by atoms with van der Waals surface area (Å²) in [5.41, 5.74) is 2.19. The lowest BCUT2D eigenvalue weighted by Crippen LogP contribution is -2.48. The van der Waals surface area contributed by atoms with E-state index in [1.165, 1.54) is 5.56 Å². The molecule has 2 aromatic rings. The molecule has 1 saturated heterocycles. The molecule has 1 fully saturated rings. The molecule has 2 atom stereocenters. The molecule has 132 valence electrons. The Morgan fingerprint density at radius 3 is 3.04 bits per heavy atom. The van der Waals surface area contributed by atoms with Crippen molar-refractivity contribution in [3.63, 3.8) is 0 Å². The second-order valence-electron chi connectivity index (χ2n) is 7.14. The molecule has 0 saturated carbocycles. The fourth-order valence-corrected chi connectivity index (χ4v) is 4.08. The van der Waals surface area contributed by atoms with Gasteiger partial charge >= 0.3 is 0 Å². The number of hydrogen-bond acceptors (Lipinski definition) is 5. The molecule has 0 spiro atoms. The number of likely N-dealkylation sites (tertiary alicyclic amines) is 1. The van der Waals surface area contributed by atoms with Gasteiger partial charge < -0.3 is 9.84 Å². The molecule has 2 aliphatic rings. The average molecular weight is 340 g/mol. The molecule has 4 rings (SSSR count). The van der Waals surface area contributed by atoms with Crippen LogP contribution in [-0.4, -0.2) is 40.1 Å². The van der Waals surface area contributed by atoms with Crippen LogP contribution in [-0.2, 0) is 17.6 Å². The zero-order valence-corrected chi connectivity index (χ0v) is 14.6. The first-order valence-electron chi connectivity index (χ1n) is 9.11. The number of anilines is 1. The third kappa shape index (κ3) is 3.58. The number of nitrogens with zero attached hydrogens (tertiary/aromatic N) is 3. The lowest BCUT2D eigenvalue weighted by molar-refractivity contribution is -0.122. The van der Waals surface area contributed by atoms with E-state index in [9.17, 15) is 4.79 Å². The number of hydrogen-bond donors (Lipinski definition) is 1. The minimum Gasteiger partial charge on any atom is -0.340 e. The Kier molecular flexibility index (Phi) is 4.53. The average Bonchev–Trinajstić information content (AvgIpc) is 2.93. The minimum absolute atomic E-state index is 0.0535. The number of para-hydroxylation sites is 1. The van der Waals surface area contributed by atoms with E-state index >= 15 is 0 Å². The van der Waals surface area contributed by atoms with Crippen LogP contribution >= 0.6 is 0 Å². The van der Waals surface area contributed by atoms with Crippen LogP contribution < -0.4 is 5.32 Å². The summed E-state index contributed by atoms with van der Waals surface area (Å²) < 4.78 is 5.08. The molecular weight excluding hydrogens is 316 g/mol. The van der Waals surface area contributed by atoms with Gasteiger partial charge in [0, 0.05) is 25.6 Å². The van der Waals surface area contributed by atoms with Crippen molar-refractivity contribution in [3.05, 3.63) is 41.5 Å². The van der Waals surface area contributed by atoms with Gasteiger partial charge in [-0.25, -0.2) is 0 Å². The lowest BCUT2D eigenvalue weighted by Gasteiger charge is -2.36. The number of carbonyl (C=O) groups excluding carboxylic acids is 1. The molecular formula is C19H24N4O2. The number of nitrogens with one attached hydrogen (secondary N) is 1. The summed E-state index contributed by atoms with van der Waals surface area (Å²) in [6.07, 6.45) is 4.89. The van der Waals surface area contributed by atoms with E-state index in [0.717, 1.165) is 56.7 Å². The van der Waals surface area contributed by atoms with Crippen molar-refractivity contribution in [2.45, 2.75) is 45.1 Å². The Labute approximate surface area is 147 Å². The first-order chi connectivity index (χ1) is 12.2. The highest BCUT2D eigenvalue weighted by molar-refractivity contribution is 5.96. The Morgan fingerprint density at radius 2 is 2.20 bits per heavy atom. The fourth-order valence-electron chi connectivity index (χ4n) is 4.08. The number of carbonyl (C=O) groups is 1. The van der Waals surface area contributed by atoms with Crippen molar-refractivity contribution >= 4 is 11.6 Å². The SMILES string of the molecule is Cc1nc(C[C@@H]2CCCN([C@@H]3CCc4ccccc4NC3=O)C2)no1. The van der Waals surface area contributed by atoms with Crippen LogP contribution in [0.3, 0.4) is 0 Å². The predicted octanol–water partition coefficient (Wildman–Crippen LogP) is 2.59. The summed E-state index contributed by atoms with van der Waals surface area (Å²) in [6, 6.07) is 8.06. The third-order valence-corrected chi connectivity index (χ3v) is 5.30. The Bertz CT molecular complexity index is 757. The molecule has 0 aliphatic carbocycles. The molecule has 6 nitrogen and oxygen atoms in total. The first-order valence-corrected chi connectivity index (χ1v) is 9.11. The standard InChI is InChI=1S/C19H24N4O2/c1-13-20-18(22-25-13)11-14-5-4-10-23(12-14)17-9-8-15-6-2-3-7-16(15)21-19(17)24/h2-3,6-7,14,17H,4-5,8-12H2,1H3,(H,21,24)/t14-,17+/m0/s1. The van der Waals surface area contributed by atoms with E-state index in [4.69, 9.17) is 4.52 Å². The second kappa shape index (κ2) is 6.96. The maximum atomic E-state index is 12.8. The Balaban J connectivity index is 1.43. The number of fused-ring (bicyclic) bond motifs is 1. The Morgan fingerprint density at radius 1 is 1.32 bits per heavy atom. The zero-order valence-electron chi connectivity index (χ0n) is 14.6. The minimum atomic E-state index is -0.0535. The summed E-state index contributed by atoms with van der Waals surface area (Å²) in [4.78, 5) is 19.4. The van der Waals surface area contributed by atoms with Crippen LogP contribution in [0.2, 0.25) is 0 Å². The van der Waals surface area contributed by atoms with E-state index in [1.807, 2.05) is 25.1 Å². The lowest BCUT2D eigenvalue weighted by atomic mass is 9.92. The number of benzene rings is 1. The van der Waals surface area contributed by atoms with Gasteiger partial charge in [0.25, 0.3) is 0 Å². The molecule has 1 aromatic carbocycles.